The van der Waals surface area contributed by atoms with Crippen molar-refractivity contribution in [2.24, 2.45) is 0 Å². The monoisotopic (exact) mass is 399 g/mol. The molecule has 1 amide bonds. The largest absolute Gasteiger partial charge is 0.346 e. The zero-order valence-electron chi connectivity index (χ0n) is 14.8. The van der Waals surface area contributed by atoms with E-state index < -0.39 is 0 Å². The lowest BCUT2D eigenvalue weighted by Crippen LogP contribution is -2.26. The standard InChI is InChI=1S/C22H19ClFNOS/c1-15(17-6-10-20(24)11-7-17)25-22(26)18-4-2-16(3-5-18)14-27-21-12-8-19(23)9-13-21/h2-13,15H,14H2,1H3,(H,25,26)/t15-/m1/s1. The smallest absolute Gasteiger partial charge is 0.251 e. The van der Waals surface area contributed by atoms with Crippen LogP contribution in [-0.2, 0) is 5.75 Å². The summed E-state index contributed by atoms with van der Waals surface area (Å²) >= 11 is 7.61. The number of halogens is 2. The summed E-state index contributed by atoms with van der Waals surface area (Å²) in [7, 11) is 0. The first kappa shape index (κ1) is 19.5. The van der Waals surface area contributed by atoms with E-state index in [2.05, 4.69) is 5.32 Å². The molecule has 1 atom stereocenters. The molecule has 0 fully saturated rings. The molecule has 0 bridgehead atoms. The molecule has 3 rings (SSSR count). The predicted molar refractivity (Wildman–Crippen MR) is 110 cm³/mol. The molecule has 0 spiro atoms. The van der Waals surface area contributed by atoms with Crippen molar-refractivity contribution in [3.63, 3.8) is 0 Å². The Morgan fingerprint density at radius 3 is 2.26 bits per heavy atom. The number of rotatable bonds is 6. The first-order valence-corrected chi connectivity index (χ1v) is 9.91. The van der Waals surface area contributed by atoms with Crippen LogP contribution >= 0.6 is 23.4 Å². The highest BCUT2D eigenvalue weighted by molar-refractivity contribution is 7.98. The van der Waals surface area contributed by atoms with E-state index in [1.165, 1.54) is 12.1 Å². The Kier molecular flexibility index (Phi) is 6.54. The first-order chi connectivity index (χ1) is 13.0. The van der Waals surface area contributed by atoms with Crippen LogP contribution in [0.5, 0.6) is 0 Å². The zero-order valence-corrected chi connectivity index (χ0v) is 16.4. The van der Waals surface area contributed by atoms with Crippen LogP contribution in [0.15, 0.2) is 77.7 Å². The quantitative estimate of drug-likeness (QED) is 0.495. The van der Waals surface area contributed by atoms with E-state index in [9.17, 15) is 9.18 Å². The average molecular weight is 400 g/mol. The lowest BCUT2D eigenvalue weighted by Gasteiger charge is -2.14. The Balaban J connectivity index is 1.56. The third kappa shape index (κ3) is 5.59. The van der Waals surface area contributed by atoms with E-state index >= 15 is 0 Å². The van der Waals surface area contributed by atoms with Gasteiger partial charge in [0, 0.05) is 21.2 Å². The van der Waals surface area contributed by atoms with Crippen LogP contribution < -0.4 is 5.32 Å². The molecule has 1 N–H and O–H groups in total. The van der Waals surface area contributed by atoms with E-state index in [1.807, 2.05) is 55.5 Å². The van der Waals surface area contributed by atoms with Crippen LogP contribution in [0.25, 0.3) is 0 Å². The maximum Gasteiger partial charge on any atom is 0.251 e. The van der Waals surface area contributed by atoms with E-state index in [0.29, 0.717) is 5.56 Å². The van der Waals surface area contributed by atoms with Crippen molar-refractivity contribution in [1.29, 1.82) is 0 Å². The maximum atomic E-state index is 13.0. The Hall–Kier alpha value is -2.30. The Bertz CT molecular complexity index is 895. The number of nitrogens with one attached hydrogen (secondary N) is 1. The molecule has 0 aliphatic carbocycles. The Morgan fingerprint density at radius 2 is 1.63 bits per heavy atom. The summed E-state index contributed by atoms with van der Waals surface area (Å²) in [6.45, 7) is 1.88. The van der Waals surface area contributed by atoms with E-state index in [-0.39, 0.29) is 17.8 Å². The second-order valence-corrected chi connectivity index (χ2v) is 7.67. The summed E-state index contributed by atoms with van der Waals surface area (Å²) in [5.41, 5.74) is 2.60. The van der Waals surface area contributed by atoms with Gasteiger partial charge in [-0.15, -0.1) is 11.8 Å². The molecule has 0 aliphatic rings. The average Bonchev–Trinajstić information content (AvgIpc) is 2.68. The van der Waals surface area contributed by atoms with Gasteiger partial charge >= 0.3 is 0 Å². The Morgan fingerprint density at radius 1 is 1.00 bits per heavy atom. The van der Waals surface area contributed by atoms with Crippen molar-refractivity contribution < 1.29 is 9.18 Å². The molecular formula is C22H19ClFNOS. The van der Waals surface area contributed by atoms with Gasteiger partial charge < -0.3 is 5.32 Å². The molecule has 0 aliphatic heterocycles. The fraction of sp³-hybridized carbons (Fsp3) is 0.136. The highest BCUT2D eigenvalue weighted by Crippen LogP contribution is 2.24. The van der Waals surface area contributed by atoms with Crippen LogP contribution in [-0.4, -0.2) is 5.91 Å². The lowest BCUT2D eigenvalue weighted by atomic mass is 10.1. The van der Waals surface area contributed by atoms with Gasteiger partial charge in [0.25, 0.3) is 5.91 Å². The van der Waals surface area contributed by atoms with Crippen molar-refractivity contribution in [2.75, 3.05) is 0 Å². The molecule has 0 saturated heterocycles. The molecule has 2 nitrogen and oxygen atoms in total. The maximum absolute atomic E-state index is 13.0. The molecule has 5 heteroatoms. The summed E-state index contributed by atoms with van der Waals surface area (Å²) < 4.78 is 13.0. The third-order valence-electron chi connectivity index (χ3n) is 4.15. The summed E-state index contributed by atoms with van der Waals surface area (Å²) in [5.74, 6) is 0.378. The van der Waals surface area contributed by atoms with Crippen LogP contribution in [0.1, 0.15) is 34.5 Å². The van der Waals surface area contributed by atoms with E-state index in [4.69, 9.17) is 11.6 Å². The van der Waals surface area contributed by atoms with Crippen molar-refractivity contribution in [1.82, 2.24) is 5.32 Å². The van der Waals surface area contributed by atoms with Gasteiger partial charge in [0.05, 0.1) is 6.04 Å². The van der Waals surface area contributed by atoms with E-state index in [1.54, 1.807) is 23.9 Å². The van der Waals surface area contributed by atoms with Gasteiger partial charge in [-0.2, -0.15) is 0 Å². The molecule has 0 aromatic heterocycles. The minimum absolute atomic E-state index is 0.149. The molecule has 0 radical (unpaired) electrons. The van der Waals surface area contributed by atoms with E-state index in [0.717, 1.165) is 26.8 Å². The topological polar surface area (TPSA) is 29.1 Å². The SMILES string of the molecule is C[C@@H](NC(=O)c1ccc(CSc2ccc(Cl)cc2)cc1)c1ccc(F)cc1. The van der Waals surface area contributed by atoms with Crippen molar-refractivity contribution in [2.45, 2.75) is 23.6 Å². The zero-order chi connectivity index (χ0) is 19.2. The normalized spacial score (nSPS) is 11.8. The lowest BCUT2D eigenvalue weighted by molar-refractivity contribution is 0.0940. The number of amides is 1. The van der Waals surface area contributed by atoms with Crippen molar-refractivity contribution >= 4 is 29.3 Å². The second kappa shape index (κ2) is 9.07. The number of hydrogen-bond acceptors (Lipinski definition) is 2. The fourth-order valence-corrected chi connectivity index (χ4v) is 3.54. The summed E-state index contributed by atoms with van der Waals surface area (Å²) in [4.78, 5) is 13.6. The number of benzene rings is 3. The number of carbonyl (C=O) groups is 1. The molecule has 0 unspecified atom stereocenters. The van der Waals surface area contributed by atoms with Crippen molar-refractivity contribution in [3.8, 4) is 0 Å². The molecule has 3 aromatic rings. The van der Waals surface area contributed by atoms with Gasteiger partial charge in [-0.05, 0) is 66.6 Å². The molecule has 3 aromatic carbocycles. The van der Waals surface area contributed by atoms with Gasteiger partial charge in [-0.1, -0.05) is 35.9 Å². The van der Waals surface area contributed by atoms with Crippen molar-refractivity contribution in [3.05, 3.63) is 100 Å². The minimum Gasteiger partial charge on any atom is -0.346 e. The molecular weight excluding hydrogens is 381 g/mol. The highest BCUT2D eigenvalue weighted by atomic mass is 35.5. The molecule has 138 valence electrons. The second-order valence-electron chi connectivity index (χ2n) is 6.19. The van der Waals surface area contributed by atoms with Gasteiger partial charge in [-0.3, -0.25) is 4.79 Å². The van der Waals surface area contributed by atoms with Gasteiger partial charge in [0.1, 0.15) is 5.82 Å². The van der Waals surface area contributed by atoms with Crippen LogP contribution in [0.3, 0.4) is 0 Å². The molecule has 0 heterocycles. The van der Waals surface area contributed by atoms with Gasteiger partial charge in [-0.25, -0.2) is 4.39 Å². The fourth-order valence-electron chi connectivity index (χ4n) is 2.56. The molecule has 0 saturated carbocycles. The molecule has 27 heavy (non-hydrogen) atoms. The van der Waals surface area contributed by atoms with Gasteiger partial charge in [0.2, 0.25) is 0 Å². The van der Waals surface area contributed by atoms with Crippen LogP contribution in [0.4, 0.5) is 4.39 Å². The highest BCUT2D eigenvalue weighted by Gasteiger charge is 2.11. The summed E-state index contributed by atoms with van der Waals surface area (Å²) in [5, 5.41) is 3.66. The van der Waals surface area contributed by atoms with Crippen LogP contribution in [0.2, 0.25) is 5.02 Å². The third-order valence-corrected chi connectivity index (χ3v) is 5.49. The number of hydrogen-bond donors (Lipinski definition) is 1. The number of thioether (sulfide) groups is 1. The summed E-state index contributed by atoms with van der Waals surface area (Å²) in [6, 6.07) is 21.2. The first-order valence-electron chi connectivity index (χ1n) is 8.55. The Labute approximate surface area is 167 Å². The van der Waals surface area contributed by atoms with Gasteiger partial charge in [0.15, 0.2) is 0 Å². The summed E-state index contributed by atoms with van der Waals surface area (Å²) in [6.07, 6.45) is 0. The number of carbonyl (C=O) groups excluding carboxylic acids is 1. The van der Waals surface area contributed by atoms with Crippen LogP contribution in [0, 0.1) is 5.82 Å². The minimum atomic E-state index is -0.288. The predicted octanol–water partition coefficient (Wildman–Crippen LogP) is 6.26.